The van der Waals surface area contributed by atoms with E-state index in [1.54, 1.807) is 12.3 Å². The van der Waals surface area contributed by atoms with Gasteiger partial charge in [-0.05, 0) is 70.2 Å². The van der Waals surface area contributed by atoms with E-state index in [-0.39, 0.29) is 0 Å². The van der Waals surface area contributed by atoms with E-state index < -0.39 is 0 Å². The van der Waals surface area contributed by atoms with Crippen molar-refractivity contribution < 1.29 is 0 Å². The van der Waals surface area contributed by atoms with Crippen molar-refractivity contribution in [3.05, 3.63) is 93.8 Å². The number of allylic oxidation sites excluding steroid dienone is 9. The number of hydrogen-bond acceptors (Lipinski definition) is 5. The zero-order valence-electron chi connectivity index (χ0n) is 22.0. The lowest BCUT2D eigenvalue weighted by Crippen LogP contribution is -2.37. The topological polar surface area (TPSA) is 74.5 Å². The Bertz CT molecular complexity index is 1390. The molecule has 36 heavy (non-hydrogen) atoms. The molecule has 0 spiro atoms. The second kappa shape index (κ2) is 13.2. The zero-order valence-corrected chi connectivity index (χ0v) is 22.0. The molecule has 0 unspecified atom stereocenters. The van der Waals surface area contributed by atoms with Crippen LogP contribution in [0.1, 0.15) is 59.6 Å². The van der Waals surface area contributed by atoms with Crippen molar-refractivity contribution in [3.8, 4) is 17.5 Å². The van der Waals surface area contributed by atoms with Crippen molar-refractivity contribution >= 4 is 17.5 Å². The Morgan fingerprint density at radius 3 is 2.56 bits per heavy atom. The quantitative estimate of drug-likeness (QED) is 0.453. The Kier molecular flexibility index (Phi) is 9.71. The summed E-state index contributed by atoms with van der Waals surface area (Å²) in [5.74, 6) is 1.42. The molecule has 0 aromatic carbocycles. The first kappa shape index (κ1) is 26.6. The number of nitrogens with zero attached hydrogens (tertiary/aromatic N) is 4. The molecule has 5 nitrogen and oxygen atoms in total. The van der Waals surface area contributed by atoms with Gasteiger partial charge >= 0.3 is 0 Å². The van der Waals surface area contributed by atoms with Crippen LogP contribution in [0, 0.1) is 11.3 Å². The van der Waals surface area contributed by atoms with Crippen molar-refractivity contribution in [2.45, 2.75) is 53.9 Å². The Morgan fingerprint density at radius 1 is 1.06 bits per heavy atom. The highest BCUT2D eigenvalue weighted by Crippen LogP contribution is 2.20. The molecule has 0 atom stereocenters. The van der Waals surface area contributed by atoms with Crippen LogP contribution < -0.4 is 15.9 Å². The van der Waals surface area contributed by atoms with Crippen LogP contribution in [0.3, 0.4) is 0 Å². The number of anilines is 1. The minimum absolute atomic E-state index is 0.375. The summed E-state index contributed by atoms with van der Waals surface area (Å²) in [5, 5.41) is 14.7. The predicted molar refractivity (Wildman–Crippen MR) is 150 cm³/mol. The van der Waals surface area contributed by atoms with Crippen LogP contribution in [0.5, 0.6) is 0 Å². The second-order valence-electron chi connectivity index (χ2n) is 9.10. The molecule has 2 aromatic rings. The van der Waals surface area contributed by atoms with Crippen LogP contribution in [0.25, 0.3) is 23.0 Å². The molecule has 0 aliphatic heterocycles. The van der Waals surface area contributed by atoms with Gasteiger partial charge in [0.15, 0.2) is 5.82 Å². The number of hydrogen-bond donors (Lipinski definition) is 1. The van der Waals surface area contributed by atoms with E-state index in [9.17, 15) is 0 Å². The maximum Gasteiger partial charge on any atom is 0.163 e. The fourth-order valence-electron chi connectivity index (χ4n) is 3.84. The largest absolute Gasteiger partial charge is 0.366 e. The van der Waals surface area contributed by atoms with Gasteiger partial charge in [0.25, 0.3) is 0 Å². The monoisotopic (exact) mass is 477 g/mol. The maximum atomic E-state index is 9.10. The molecule has 2 heterocycles. The lowest BCUT2D eigenvalue weighted by atomic mass is 9.95. The van der Waals surface area contributed by atoms with Gasteiger partial charge in [-0.1, -0.05) is 66.7 Å². The molecule has 0 amide bonds. The molecular weight excluding hydrogens is 442 g/mol. The highest BCUT2D eigenvalue weighted by atomic mass is 15.0. The summed E-state index contributed by atoms with van der Waals surface area (Å²) in [7, 11) is 0. The number of aromatic nitrogens is 3. The van der Waals surface area contributed by atoms with Gasteiger partial charge in [0.05, 0.1) is 5.35 Å². The van der Waals surface area contributed by atoms with Gasteiger partial charge in [-0.15, -0.1) is 0 Å². The number of nitriles is 1. The van der Waals surface area contributed by atoms with Crippen LogP contribution in [0.15, 0.2) is 77.6 Å². The average Bonchev–Trinajstić information content (AvgIpc) is 2.89. The van der Waals surface area contributed by atoms with Crippen molar-refractivity contribution in [1.82, 2.24) is 15.0 Å². The lowest BCUT2D eigenvalue weighted by Gasteiger charge is -2.16. The molecule has 0 saturated heterocycles. The highest BCUT2D eigenvalue weighted by Gasteiger charge is 2.15. The van der Waals surface area contributed by atoms with E-state index >= 15 is 0 Å². The molecule has 0 bridgehead atoms. The maximum absolute atomic E-state index is 9.10. The third-order valence-corrected chi connectivity index (χ3v) is 5.76. The molecule has 0 saturated carbocycles. The van der Waals surface area contributed by atoms with Crippen LogP contribution >= 0.6 is 0 Å². The number of nitrogens with one attached hydrogen (secondary N) is 1. The summed E-state index contributed by atoms with van der Waals surface area (Å²) in [6.07, 6.45) is 21.5. The van der Waals surface area contributed by atoms with Crippen LogP contribution in [0.4, 0.5) is 5.82 Å². The molecular formula is C31H35N5. The van der Waals surface area contributed by atoms with Crippen LogP contribution in [0.2, 0.25) is 0 Å². The van der Waals surface area contributed by atoms with E-state index in [0.29, 0.717) is 18.1 Å². The summed E-state index contributed by atoms with van der Waals surface area (Å²) < 4.78 is 0. The standard InChI is InChI=1S/C31H35N5/c1-6-7-8-14-24(5)27-15-11-16-28-29(27)31(34-20-23(4)13-10-9-12-22(2)3)36-30(35-28)25-17-18-26(19-32)33-21-25/h7-10,12-14,16-18,21H,6,11,15,20H2,1-5H3,(H,34,35,36)/b8-7-,10-9-,23-13+,24-14+. The molecule has 1 aliphatic carbocycles. The highest BCUT2D eigenvalue weighted by molar-refractivity contribution is 5.71. The third kappa shape index (κ3) is 7.23. The number of pyridine rings is 1. The first-order valence-electron chi connectivity index (χ1n) is 12.5. The SMILES string of the molecule is CC/C=C\C=C(/C)C1=c2c(NC/C(C)=C/C=C\C=C(C)C)nc(-c3ccc(C#N)nc3)nc2=CCC1. The van der Waals surface area contributed by atoms with Gasteiger partial charge in [0.1, 0.15) is 17.6 Å². The molecule has 5 heteroatoms. The van der Waals surface area contributed by atoms with Crippen molar-refractivity contribution in [1.29, 1.82) is 5.26 Å². The first-order valence-corrected chi connectivity index (χ1v) is 12.5. The van der Waals surface area contributed by atoms with Crippen LogP contribution in [-0.4, -0.2) is 21.5 Å². The molecule has 2 aromatic heterocycles. The fraction of sp³-hybridized carbons (Fsp3) is 0.290. The molecule has 0 fully saturated rings. The Labute approximate surface area is 214 Å². The molecule has 3 rings (SSSR count). The third-order valence-electron chi connectivity index (χ3n) is 5.76. The van der Waals surface area contributed by atoms with E-state index in [1.807, 2.05) is 6.07 Å². The van der Waals surface area contributed by atoms with Crippen molar-refractivity contribution in [3.63, 3.8) is 0 Å². The Hall–Kier alpha value is -4.04. The van der Waals surface area contributed by atoms with Gasteiger partial charge in [-0.25, -0.2) is 15.0 Å². The van der Waals surface area contributed by atoms with Gasteiger partial charge in [-0.3, -0.25) is 0 Å². The summed E-state index contributed by atoms with van der Waals surface area (Å²) >= 11 is 0. The number of rotatable bonds is 9. The number of fused-ring (bicyclic) bond motifs is 1. The van der Waals surface area contributed by atoms with Gasteiger partial charge in [0, 0.05) is 23.5 Å². The molecule has 1 aliphatic rings. The summed E-state index contributed by atoms with van der Waals surface area (Å²) in [6.45, 7) is 11.2. The second-order valence-corrected chi connectivity index (χ2v) is 9.10. The summed E-state index contributed by atoms with van der Waals surface area (Å²) in [4.78, 5) is 14.1. The Morgan fingerprint density at radius 2 is 1.86 bits per heavy atom. The minimum Gasteiger partial charge on any atom is -0.366 e. The minimum atomic E-state index is 0.375. The predicted octanol–water partition coefficient (Wildman–Crippen LogP) is 5.93. The van der Waals surface area contributed by atoms with Gasteiger partial charge in [-0.2, -0.15) is 5.26 Å². The Balaban J connectivity index is 2.09. The lowest BCUT2D eigenvalue weighted by molar-refractivity contribution is 1.00. The van der Waals surface area contributed by atoms with Gasteiger partial charge in [0.2, 0.25) is 0 Å². The van der Waals surface area contributed by atoms with E-state index in [0.717, 1.165) is 41.2 Å². The van der Waals surface area contributed by atoms with E-state index in [4.69, 9.17) is 15.2 Å². The van der Waals surface area contributed by atoms with E-state index in [2.05, 4.69) is 99.6 Å². The molecule has 0 radical (unpaired) electrons. The average molecular weight is 478 g/mol. The summed E-state index contributed by atoms with van der Waals surface area (Å²) in [5.41, 5.74) is 6.12. The van der Waals surface area contributed by atoms with Crippen molar-refractivity contribution in [2.75, 3.05) is 11.9 Å². The van der Waals surface area contributed by atoms with Gasteiger partial charge < -0.3 is 5.32 Å². The smallest absolute Gasteiger partial charge is 0.163 e. The van der Waals surface area contributed by atoms with E-state index in [1.165, 1.54) is 22.3 Å². The first-order chi connectivity index (χ1) is 17.4. The molecule has 1 N–H and O–H groups in total. The van der Waals surface area contributed by atoms with Crippen LogP contribution in [-0.2, 0) is 0 Å². The normalized spacial score (nSPS) is 13.9. The fourth-order valence-corrected chi connectivity index (χ4v) is 3.84. The van der Waals surface area contributed by atoms with Crippen molar-refractivity contribution in [2.24, 2.45) is 0 Å². The molecule has 184 valence electrons. The summed E-state index contributed by atoms with van der Waals surface area (Å²) in [6, 6.07) is 5.62. The zero-order chi connectivity index (χ0) is 25.9.